The van der Waals surface area contributed by atoms with E-state index in [1.54, 1.807) is 0 Å². The van der Waals surface area contributed by atoms with E-state index in [1.807, 2.05) is 0 Å². The largest absolute Gasteiger partial charge is 0.493 e. The predicted octanol–water partition coefficient (Wildman–Crippen LogP) is 2.90. The first kappa shape index (κ1) is 10.5. The number of benzene rings is 1. The smallest absolute Gasteiger partial charge is 0.127 e. The van der Waals surface area contributed by atoms with Gasteiger partial charge in [-0.15, -0.1) is 0 Å². The summed E-state index contributed by atoms with van der Waals surface area (Å²) in [6.07, 6.45) is 0.927. The minimum absolute atomic E-state index is 0.144. The lowest BCUT2D eigenvalue weighted by Crippen LogP contribution is -2.23. The third-order valence-corrected chi connectivity index (χ3v) is 3.09. The van der Waals surface area contributed by atoms with Crippen molar-refractivity contribution in [2.24, 2.45) is 5.73 Å². The van der Waals surface area contributed by atoms with Crippen LogP contribution in [0.4, 0.5) is 0 Å². The van der Waals surface area contributed by atoms with Gasteiger partial charge in [0.2, 0.25) is 0 Å². The van der Waals surface area contributed by atoms with Gasteiger partial charge in [0.05, 0.1) is 6.61 Å². The Kier molecular flexibility index (Phi) is 2.70. The maximum absolute atomic E-state index is 6.17. The van der Waals surface area contributed by atoms with E-state index in [0.717, 1.165) is 18.8 Å². The summed E-state index contributed by atoms with van der Waals surface area (Å²) in [5.41, 5.74) is 9.94. The van der Waals surface area contributed by atoms with Crippen LogP contribution in [0.2, 0.25) is 0 Å². The molecule has 2 heteroatoms. The zero-order chi connectivity index (χ0) is 11.0. The molecule has 1 atom stereocenters. The molecule has 0 saturated carbocycles. The van der Waals surface area contributed by atoms with Gasteiger partial charge in [0, 0.05) is 18.0 Å². The number of aryl methyl sites for hydroxylation is 1. The number of fused-ring (bicyclic) bond motifs is 1. The molecule has 82 valence electrons. The van der Waals surface area contributed by atoms with Crippen molar-refractivity contribution in [3.05, 3.63) is 28.8 Å². The molecule has 0 radical (unpaired) electrons. The van der Waals surface area contributed by atoms with Crippen molar-refractivity contribution in [2.75, 3.05) is 6.61 Å². The fourth-order valence-corrected chi connectivity index (χ4v) is 2.23. The molecule has 1 heterocycles. The average Bonchev–Trinajstić information content (AvgIpc) is 2.19. The molecule has 1 aliphatic heterocycles. The second-order valence-corrected chi connectivity index (χ2v) is 4.61. The Balaban J connectivity index is 2.60. The molecule has 2 rings (SSSR count). The van der Waals surface area contributed by atoms with Crippen LogP contribution in [0, 0.1) is 6.92 Å². The highest BCUT2D eigenvalue weighted by Crippen LogP contribution is 2.38. The summed E-state index contributed by atoms with van der Waals surface area (Å²) in [5.74, 6) is 1.53. The van der Waals surface area contributed by atoms with Gasteiger partial charge in [-0.3, -0.25) is 0 Å². The predicted molar refractivity (Wildman–Crippen MR) is 62.3 cm³/mol. The lowest BCUT2D eigenvalue weighted by molar-refractivity contribution is 0.265. The zero-order valence-corrected chi connectivity index (χ0v) is 9.71. The Morgan fingerprint density at radius 2 is 2.13 bits per heavy atom. The van der Waals surface area contributed by atoms with E-state index < -0.39 is 0 Å². The molecule has 1 unspecified atom stereocenters. The summed E-state index contributed by atoms with van der Waals surface area (Å²) >= 11 is 0. The van der Waals surface area contributed by atoms with E-state index in [0.29, 0.717) is 5.92 Å². The van der Waals surface area contributed by atoms with Crippen molar-refractivity contribution in [3.63, 3.8) is 0 Å². The highest BCUT2D eigenvalue weighted by molar-refractivity contribution is 5.49. The number of ether oxygens (including phenoxy) is 1. The molecular weight excluding hydrogens is 186 g/mol. The maximum Gasteiger partial charge on any atom is 0.127 e. The molecule has 1 aromatic rings. The Morgan fingerprint density at radius 1 is 1.40 bits per heavy atom. The van der Waals surface area contributed by atoms with Gasteiger partial charge in [0.1, 0.15) is 5.75 Å². The average molecular weight is 205 g/mol. The highest BCUT2D eigenvalue weighted by atomic mass is 16.5. The summed E-state index contributed by atoms with van der Waals surface area (Å²) in [5, 5.41) is 0. The fraction of sp³-hybridized carbons (Fsp3) is 0.538. The quantitative estimate of drug-likeness (QED) is 0.765. The van der Waals surface area contributed by atoms with Crippen LogP contribution < -0.4 is 10.5 Å². The molecule has 0 spiro atoms. The highest BCUT2D eigenvalue weighted by Gasteiger charge is 2.23. The van der Waals surface area contributed by atoms with Crippen LogP contribution in [-0.4, -0.2) is 6.61 Å². The number of nitrogens with two attached hydrogens (primary N) is 1. The van der Waals surface area contributed by atoms with E-state index in [1.165, 1.54) is 16.7 Å². The van der Waals surface area contributed by atoms with Crippen LogP contribution in [0.25, 0.3) is 0 Å². The summed E-state index contributed by atoms with van der Waals surface area (Å²) in [6, 6.07) is 4.46. The molecule has 2 nitrogen and oxygen atoms in total. The molecule has 0 fully saturated rings. The van der Waals surface area contributed by atoms with Crippen molar-refractivity contribution in [3.8, 4) is 5.75 Å². The molecule has 1 aliphatic rings. The van der Waals surface area contributed by atoms with Crippen molar-refractivity contribution in [1.29, 1.82) is 0 Å². The van der Waals surface area contributed by atoms with Gasteiger partial charge in [-0.25, -0.2) is 0 Å². The number of rotatable bonds is 1. The monoisotopic (exact) mass is 205 g/mol. The standard InChI is InChI=1S/C13H19NO/c1-8(2)10-5-4-9(3)13-12(10)11(14)6-7-15-13/h4-5,8,11H,6-7,14H2,1-3H3. The van der Waals surface area contributed by atoms with Gasteiger partial charge >= 0.3 is 0 Å². The lowest BCUT2D eigenvalue weighted by Gasteiger charge is -2.28. The fourth-order valence-electron chi connectivity index (χ4n) is 2.23. The van der Waals surface area contributed by atoms with Crippen LogP contribution in [0.1, 0.15) is 48.9 Å². The molecule has 0 aliphatic carbocycles. The molecule has 0 bridgehead atoms. The topological polar surface area (TPSA) is 35.2 Å². The van der Waals surface area contributed by atoms with E-state index in [9.17, 15) is 0 Å². The van der Waals surface area contributed by atoms with Gasteiger partial charge in [0.15, 0.2) is 0 Å². The van der Waals surface area contributed by atoms with Gasteiger partial charge in [-0.2, -0.15) is 0 Å². The third kappa shape index (κ3) is 1.74. The Hall–Kier alpha value is -1.02. The first-order valence-electron chi connectivity index (χ1n) is 5.63. The van der Waals surface area contributed by atoms with Crippen LogP contribution in [0.15, 0.2) is 12.1 Å². The minimum atomic E-state index is 0.144. The first-order chi connectivity index (χ1) is 7.11. The molecule has 15 heavy (non-hydrogen) atoms. The lowest BCUT2D eigenvalue weighted by atomic mass is 9.88. The summed E-state index contributed by atoms with van der Waals surface area (Å²) in [4.78, 5) is 0. The number of hydrogen-bond donors (Lipinski definition) is 1. The maximum atomic E-state index is 6.17. The Bertz CT molecular complexity index is 371. The van der Waals surface area contributed by atoms with Crippen LogP contribution in [0.3, 0.4) is 0 Å². The molecule has 0 saturated heterocycles. The Morgan fingerprint density at radius 3 is 2.80 bits per heavy atom. The summed E-state index contributed by atoms with van der Waals surface area (Å²) in [6.45, 7) is 7.23. The van der Waals surface area contributed by atoms with E-state index in [2.05, 4.69) is 32.9 Å². The van der Waals surface area contributed by atoms with Crippen LogP contribution in [-0.2, 0) is 0 Å². The van der Waals surface area contributed by atoms with E-state index in [-0.39, 0.29) is 6.04 Å². The van der Waals surface area contributed by atoms with Crippen molar-refractivity contribution in [2.45, 2.75) is 39.2 Å². The molecule has 0 aromatic heterocycles. The van der Waals surface area contributed by atoms with E-state index in [4.69, 9.17) is 10.5 Å². The van der Waals surface area contributed by atoms with Crippen molar-refractivity contribution in [1.82, 2.24) is 0 Å². The van der Waals surface area contributed by atoms with Crippen molar-refractivity contribution >= 4 is 0 Å². The van der Waals surface area contributed by atoms with Gasteiger partial charge in [-0.05, 0) is 24.0 Å². The molecule has 2 N–H and O–H groups in total. The van der Waals surface area contributed by atoms with Crippen LogP contribution >= 0.6 is 0 Å². The molecule has 1 aromatic carbocycles. The zero-order valence-electron chi connectivity index (χ0n) is 9.71. The van der Waals surface area contributed by atoms with Crippen molar-refractivity contribution < 1.29 is 4.74 Å². The minimum Gasteiger partial charge on any atom is -0.493 e. The first-order valence-corrected chi connectivity index (χ1v) is 5.63. The third-order valence-electron chi connectivity index (χ3n) is 3.09. The van der Waals surface area contributed by atoms with E-state index >= 15 is 0 Å². The molecule has 0 amide bonds. The summed E-state index contributed by atoms with van der Waals surface area (Å²) < 4.78 is 5.74. The van der Waals surface area contributed by atoms with Gasteiger partial charge in [-0.1, -0.05) is 26.0 Å². The Labute approximate surface area is 91.4 Å². The molecular formula is C13H19NO. The second kappa shape index (κ2) is 3.86. The second-order valence-electron chi connectivity index (χ2n) is 4.61. The van der Waals surface area contributed by atoms with Crippen LogP contribution in [0.5, 0.6) is 5.75 Å². The summed E-state index contributed by atoms with van der Waals surface area (Å²) in [7, 11) is 0. The van der Waals surface area contributed by atoms with Gasteiger partial charge in [0.25, 0.3) is 0 Å². The SMILES string of the molecule is Cc1ccc(C(C)C)c2c1OCCC2N. The van der Waals surface area contributed by atoms with Gasteiger partial charge < -0.3 is 10.5 Å². The normalized spacial score (nSPS) is 19.9. The number of hydrogen-bond acceptors (Lipinski definition) is 2.